The topological polar surface area (TPSA) is 50.4 Å². The molecule has 0 aliphatic carbocycles. The van der Waals surface area contributed by atoms with E-state index in [-0.39, 0.29) is 24.0 Å². The molecule has 3 nitrogen and oxygen atoms in total. The van der Waals surface area contributed by atoms with Crippen molar-refractivity contribution >= 4 is 41.7 Å². The van der Waals surface area contributed by atoms with Crippen LogP contribution < -0.4 is 11.1 Å². The maximum atomic E-state index is 5.62. The summed E-state index contributed by atoms with van der Waals surface area (Å²) in [6.07, 6.45) is 4.30. The number of guanidine groups is 1. The Morgan fingerprint density at radius 2 is 2.21 bits per heavy atom. The van der Waals surface area contributed by atoms with Gasteiger partial charge in [0.2, 0.25) is 0 Å². The summed E-state index contributed by atoms with van der Waals surface area (Å²) in [5.41, 5.74) is 5.62. The quantitative estimate of drug-likeness (QED) is 0.445. The number of hydrogen-bond acceptors (Lipinski definition) is 2. The molecule has 0 spiro atoms. The zero-order valence-electron chi connectivity index (χ0n) is 9.25. The Balaban J connectivity index is 0. The Morgan fingerprint density at radius 1 is 1.57 bits per heavy atom. The Kier molecular flexibility index (Phi) is 13.7. The zero-order valence-corrected chi connectivity index (χ0v) is 12.4. The van der Waals surface area contributed by atoms with Crippen LogP contribution in [0.3, 0.4) is 0 Å². The van der Waals surface area contributed by atoms with Crippen molar-refractivity contribution in [2.75, 3.05) is 19.3 Å². The molecule has 0 radical (unpaired) electrons. The Morgan fingerprint density at radius 3 is 2.71 bits per heavy atom. The third kappa shape index (κ3) is 10.4. The molecule has 1 unspecified atom stereocenters. The second kappa shape index (κ2) is 11.4. The average molecular weight is 331 g/mol. The lowest BCUT2D eigenvalue weighted by molar-refractivity contribution is 0.759. The highest BCUT2D eigenvalue weighted by Gasteiger charge is 1.98. The largest absolute Gasteiger partial charge is 0.370 e. The summed E-state index contributed by atoms with van der Waals surface area (Å²) in [5, 5.41) is 3.78. The van der Waals surface area contributed by atoms with Gasteiger partial charge in [-0.2, -0.15) is 11.8 Å². The van der Waals surface area contributed by atoms with Crippen molar-refractivity contribution in [2.45, 2.75) is 31.9 Å². The van der Waals surface area contributed by atoms with Crippen molar-refractivity contribution in [2.24, 2.45) is 10.7 Å². The molecule has 1 atom stereocenters. The fourth-order valence-corrected chi connectivity index (χ4v) is 1.16. The summed E-state index contributed by atoms with van der Waals surface area (Å²) in [6.45, 7) is 6.04. The maximum absolute atomic E-state index is 5.62. The highest BCUT2D eigenvalue weighted by molar-refractivity contribution is 14.0. The van der Waals surface area contributed by atoms with Gasteiger partial charge in [-0.1, -0.05) is 13.8 Å². The van der Waals surface area contributed by atoms with Crippen molar-refractivity contribution in [1.82, 2.24) is 5.32 Å². The summed E-state index contributed by atoms with van der Waals surface area (Å²) < 4.78 is 0. The molecule has 5 heteroatoms. The van der Waals surface area contributed by atoms with Gasteiger partial charge in [0.15, 0.2) is 5.96 Å². The summed E-state index contributed by atoms with van der Waals surface area (Å²) in [6, 6.07) is 0. The van der Waals surface area contributed by atoms with Gasteiger partial charge in [0.1, 0.15) is 0 Å². The smallest absolute Gasteiger partial charge is 0.188 e. The molecule has 0 bridgehead atoms. The van der Waals surface area contributed by atoms with E-state index in [9.17, 15) is 0 Å². The minimum absolute atomic E-state index is 0. The van der Waals surface area contributed by atoms with E-state index in [0.717, 1.165) is 25.9 Å². The Labute approximate surface area is 109 Å². The van der Waals surface area contributed by atoms with E-state index in [4.69, 9.17) is 5.73 Å². The van der Waals surface area contributed by atoms with Gasteiger partial charge >= 0.3 is 0 Å². The molecule has 0 aromatic carbocycles. The SMILES string of the molecule is CCCN=C(N)NCCC(C)SC.I. The molecule has 14 heavy (non-hydrogen) atoms. The van der Waals surface area contributed by atoms with Crippen LogP contribution in [0.25, 0.3) is 0 Å². The molecule has 0 fully saturated rings. The Bertz CT molecular complexity index is 153. The van der Waals surface area contributed by atoms with Crippen molar-refractivity contribution in [3.8, 4) is 0 Å². The van der Waals surface area contributed by atoms with Crippen molar-refractivity contribution < 1.29 is 0 Å². The van der Waals surface area contributed by atoms with E-state index in [0.29, 0.717) is 11.2 Å². The first-order chi connectivity index (χ1) is 6.20. The van der Waals surface area contributed by atoms with Gasteiger partial charge in [-0.3, -0.25) is 4.99 Å². The lowest BCUT2D eigenvalue weighted by Gasteiger charge is -2.09. The number of thioether (sulfide) groups is 1. The van der Waals surface area contributed by atoms with E-state index >= 15 is 0 Å². The van der Waals surface area contributed by atoms with Crippen LogP contribution >= 0.6 is 35.7 Å². The van der Waals surface area contributed by atoms with Crippen molar-refractivity contribution in [3.63, 3.8) is 0 Å². The van der Waals surface area contributed by atoms with Crippen LogP contribution in [0.1, 0.15) is 26.7 Å². The number of nitrogens with one attached hydrogen (secondary N) is 1. The lowest BCUT2D eigenvalue weighted by atomic mass is 10.3. The van der Waals surface area contributed by atoms with Crippen molar-refractivity contribution in [1.29, 1.82) is 0 Å². The molecular formula is C9H22IN3S. The average Bonchev–Trinajstić information content (AvgIpc) is 2.14. The van der Waals surface area contributed by atoms with Crippen LogP contribution in [0, 0.1) is 0 Å². The molecule has 0 saturated heterocycles. The first-order valence-electron chi connectivity index (χ1n) is 4.77. The summed E-state index contributed by atoms with van der Waals surface area (Å²) in [7, 11) is 0. The normalized spacial score (nSPS) is 13.2. The second-order valence-electron chi connectivity index (χ2n) is 3.03. The second-order valence-corrected chi connectivity index (χ2v) is 4.30. The van der Waals surface area contributed by atoms with E-state index in [1.165, 1.54) is 0 Å². The predicted molar refractivity (Wildman–Crippen MR) is 77.8 cm³/mol. The molecule has 0 aromatic rings. The lowest BCUT2D eigenvalue weighted by Crippen LogP contribution is -2.33. The third-order valence-corrected chi connectivity index (χ3v) is 2.81. The highest BCUT2D eigenvalue weighted by atomic mass is 127. The van der Waals surface area contributed by atoms with Gasteiger partial charge in [0.25, 0.3) is 0 Å². The molecule has 0 saturated carbocycles. The third-order valence-electron chi connectivity index (χ3n) is 1.77. The molecule has 86 valence electrons. The van der Waals surface area contributed by atoms with Crippen LogP contribution in [0.4, 0.5) is 0 Å². The number of aliphatic imine (C=N–C) groups is 1. The predicted octanol–water partition coefficient (Wildman–Crippen LogP) is 2.06. The van der Waals surface area contributed by atoms with E-state index in [1.807, 2.05) is 11.8 Å². The summed E-state index contributed by atoms with van der Waals surface area (Å²) >= 11 is 1.87. The van der Waals surface area contributed by atoms with Crippen LogP contribution in [0.15, 0.2) is 4.99 Å². The van der Waals surface area contributed by atoms with Gasteiger partial charge in [-0.05, 0) is 19.1 Å². The molecule has 0 aromatic heterocycles. The molecule has 0 aliphatic rings. The van der Waals surface area contributed by atoms with Gasteiger partial charge < -0.3 is 11.1 Å². The fraction of sp³-hybridized carbons (Fsp3) is 0.889. The number of rotatable bonds is 6. The summed E-state index contributed by atoms with van der Waals surface area (Å²) in [4.78, 5) is 4.14. The van der Waals surface area contributed by atoms with Crippen molar-refractivity contribution in [3.05, 3.63) is 0 Å². The van der Waals surface area contributed by atoms with Crippen LogP contribution in [-0.4, -0.2) is 30.6 Å². The van der Waals surface area contributed by atoms with Gasteiger partial charge in [-0.15, -0.1) is 24.0 Å². The van der Waals surface area contributed by atoms with Gasteiger partial charge in [0.05, 0.1) is 0 Å². The van der Waals surface area contributed by atoms with Crippen LogP contribution in [-0.2, 0) is 0 Å². The molecular weight excluding hydrogens is 309 g/mol. The van der Waals surface area contributed by atoms with E-state index in [1.54, 1.807) is 0 Å². The number of nitrogens with two attached hydrogens (primary N) is 1. The van der Waals surface area contributed by atoms with Gasteiger partial charge in [-0.25, -0.2) is 0 Å². The minimum atomic E-state index is 0. The van der Waals surface area contributed by atoms with Crippen LogP contribution in [0.5, 0.6) is 0 Å². The van der Waals surface area contributed by atoms with E-state index < -0.39 is 0 Å². The number of nitrogens with zero attached hydrogens (tertiary/aromatic N) is 1. The monoisotopic (exact) mass is 331 g/mol. The summed E-state index contributed by atoms with van der Waals surface area (Å²) in [5.74, 6) is 0.579. The molecule has 0 aliphatic heterocycles. The maximum Gasteiger partial charge on any atom is 0.188 e. The fourth-order valence-electron chi connectivity index (χ4n) is 0.810. The standard InChI is InChI=1S/C9H21N3S.HI/c1-4-6-11-9(10)12-7-5-8(2)13-3;/h8H,4-7H2,1-3H3,(H3,10,11,12);1H. The molecule has 0 rings (SSSR count). The molecule has 0 amide bonds. The number of hydrogen-bond donors (Lipinski definition) is 2. The van der Waals surface area contributed by atoms with E-state index in [2.05, 4.69) is 30.4 Å². The molecule has 3 N–H and O–H groups in total. The highest BCUT2D eigenvalue weighted by Crippen LogP contribution is 2.07. The van der Waals surface area contributed by atoms with Crippen LogP contribution in [0.2, 0.25) is 0 Å². The zero-order chi connectivity index (χ0) is 10.1. The number of halogens is 1. The first kappa shape index (κ1) is 16.8. The Hall–Kier alpha value is 0.350. The minimum Gasteiger partial charge on any atom is -0.370 e. The van der Waals surface area contributed by atoms with Gasteiger partial charge in [0, 0.05) is 18.3 Å². The first-order valence-corrected chi connectivity index (χ1v) is 6.06. The molecule has 0 heterocycles.